The van der Waals surface area contributed by atoms with Gasteiger partial charge < -0.3 is 15.2 Å². The van der Waals surface area contributed by atoms with Crippen LogP contribution in [0.1, 0.15) is 33.6 Å². The van der Waals surface area contributed by atoms with Gasteiger partial charge in [0, 0.05) is 38.9 Å². The lowest BCUT2D eigenvalue weighted by Crippen LogP contribution is -2.49. The highest BCUT2D eigenvalue weighted by atomic mass is 16.5. The van der Waals surface area contributed by atoms with Crippen LogP contribution in [0, 0.1) is 5.41 Å². The Kier molecular flexibility index (Phi) is 7.15. The molecule has 0 aliphatic carbocycles. The van der Waals surface area contributed by atoms with E-state index < -0.39 is 0 Å². The molecule has 1 heterocycles. The average Bonchev–Trinajstić information content (AvgIpc) is 2.37. The molecule has 0 aromatic heterocycles. The van der Waals surface area contributed by atoms with Gasteiger partial charge in [-0.15, -0.1) is 0 Å². The van der Waals surface area contributed by atoms with Gasteiger partial charge in [-0.05, 0) is 38.6 Å². The van der Waals surface area contributed by atoms with Crippen LogP contribution in [0.4, 0.5) is 0 Å². The van der Waals surface area contributed by atoms with Crippen molar-refractivity contribution in [3.63, 3.8) is 0 Å². The van der Waals surface area contributed by atoms with E-state index >= 15 is 0 Å². The largest absolute Gasteiger partial charge is 0.395 e. The number of ether oxygens (including phenoxy) is 1. The molecule has 0 saturated carbocycles. The minimum absolute atomic E-state index is 0.242. The maximum atomic E-state index is 9.19. The molecule has 0 bridgehead atoms. The molecule has 4 heteroatoms. The van der Waals surface area contributed by atoms with Gasteiger partial charge >= 0.3 is 0 Å². The van der Waals surface area contributed by atoms with E-state index in [0.717, 1.165) is 52.2 Å². The van der Waals surface area contributed by atoms with E-state index in [-0.39, 0.29) is 6.61 Å². The lowest BCUT2D eigenvalue weighted by atomic mass is 9.79. The predicted molar refractivity (Wildman–Crippen MR) is 74.8 cm³/mol. The predicted octanol–water partition coefficient (Wildman–Crippen LogP) is 1.10. The second-order valence-corrected chi connectivity index (χ2v) is 5.68. The van der Waals surface area contributed by atoms with Crippen molar-refractivity contribution in [3.05, 3.63) is 0 Å². The summed E-state index contributed by atoms with van der Waals surface area (Å²) in [6.07, 6.45) is 2.24. The number of nitrogens with one attached hydrogen (secondary N) is 1. The fourth-order valence-electron chi connectivity index (χ4n) is 2.66. The van der Waals surface area contributed by atoms with Gasteiger partial charge in [0.2, 0.25) is 0 Å². The summed E-state index contributed by atoms with van der Waals surface area (Å²) in [7, 11) is 0. The van der Waals surface area contributed by atoms with Crippen LogP contribution >= 0.6 is 0 Å². The molecule has 0 spiro atoms. The van der Waals surface area contributed by atoms with Crippen LogP contribution in [0.2, 0.25) is 0 Å². The first-order valence-corrected chi connectivity index (χ1v) is 7.27. The third kappa shape index (κ3) is 4.84. The third-order valence-electron chi connectivity index (χ3n) is 3.96. The Morgan fingerprint density at radius 1 is 1.33 bits per heavy atom. The van der Waals surface area contributed by atoms with Gasteiger partial charge in [-0.3, -0.25) is 4.90 Å². The van der Waals surface area contributed by atoms with E-state index in [1.165, 1.54) is 0 Å². The molecule has 18 heavy (non-hydrogen) atoms. The first-order chi connectivity index (χ1) is 8.63. The fraction of sp³-hybridized carbons (Fsp3) is 1.00. The first kappa shape index (κ1) is 15.9. The Labute approximate surface area is 112 Å². The molecule has 0 aromatic carbocycles. The molecule has 2 N–H and O–H groups in total. The number of rotatable bonds is 8. The van der Waals surface area contributed by atoms with Crippen molar-refractivity contribution < 1.29 is 9.84 Å². The van der Waals surface area contributed by atoms with Crippen molar-refractivity contribution in [2.24, 2.45) is 5.41 Å². The van der Waals surface area contributed by atoms with Crippen LogP contribution in [0.3, 0.4) is 0 Å². The fourth-order valence-corrected chi connectivity index (χ4v) is 2.66. The molecule has 0 radical (unpaired) electrons. The van der Waals surface area contributed by atoms with Gasteiger partial charge in [-0.1, -0.05) is 6.92 Å². The van der Waals surface area contributed by atoms with E-state index in [9.17, 15) is 5.11 Å². The maximum Gasteiger partial charge on any atom is 0.0558 e. The van der Waals surface area contributed by atoms with Crippen LogP contribution in [0.25, 0.3) is 0 Å². The zero-order valence-electron chi connectivity index (χ0n) is 12.2. The van der Waals surface area contributed by atoms with E-state index in [1.54, 1.807) is 0 Å². The number of hydrogen-bond donors (Lipinski definition) is 2. The summed E-state index contributed by atoms with van der Waals surface area (Å²) >= 11 is 0. The molecule has 4 nitrogen and oxygen atoms in total. The molecule has 1 aliphatic rings. The molecule has 1 fully saturated rings. The lowest BCUT2D eigenvalue weighted by molar-refractivity contribution is -0.0118. The van der Waals surface area contributed by atoms with Crippen LogP contribution in [0.5, 0.6) is 0 Å². The number of hydrogen-bond acceptors (Lipinski definition) is 4. The Morgan fingerprint density at radius 2 is 2.00 bits per heavy atom. The maximum absolute atomic E-state index is 9.19. The second-order valence-electron chi connectivity index (χ2n) is 5.68. The van der Waals surface area contributed by atoms with Gasteiger partial charge in [0.25, 0.3) is 0 Å². The van der Waals surface area contributed by atoms with Crippen molar-refractivity contribution in [1.82, 2.24) is 10.2 Å². The Morgan fingerprint density at radius 3 is 2.50 bits per heavy atom. The first-order valence-electron chi connectivity index (χ1n) is 7.27. The zero-order valence-corrected chi connectivity index (χ0v) is 12.2. The van der Waals surface area contributed by atoms with Crippen LogP contribution < -0.4 is 5.32 Å². The molecule has 1 saturated heterocycles. The third-order valence-corrected chi connectivity index (χ3v) is 3.96. The number of aliphatic hydroxyl groups is 1. The van der Waals surface area contributed by atoms with Gasteiger partial charge in [0.15, 0.2) is 0 Å². The van der Waals surface area contributed by atoms with Crippen molar-refractivity contribution >= 4 is 0 Å². The molecule has 0 unspecified atom stereocenters. The SMILES string of the molecule is CCNCC1(CN(CCO)C(C)C)CCOCC1. The van der Waals surface area contributed by atoms with Crippen molar-refractivity contribution in [2.75, 3.05) is 46.0 Å². The minimum atomic E-state index is 0.242. The Bertz CT molecular complexity index is 216. The smallest absolute Gasteiger partial charge is 0.0558 e. The molecule has 108 valence electrons. The normalized spacial score (nSPS) is 19.7. The highest BCUT2D eigenvalue weighted by Crippen LogP contribution is 2.31. The molecule has 0 atom stereocenters. The summed E-state index contributed by atoms with van der Waals surface area (Å²) in [6.45, 7) is 12.4. The van der Waals surface area contributed by atoms with E-state index in [2.05, 4.69) is 31.0 Å². The summed E-state index contributed by atoms with van der Waals surface area (Å²) in [5.41, 5.74) is 0.313. The topological polar surface area (TPSA) is 44.7 Å². The van der Waals surface area contributed by atoms with Gasteiger partial charge in [0.05, 0.1) is 6.61 Å². The number of aliphatic hydroxyl groups excluding tert-OH is 1. The van der Waals surface area contributed by atoms with Crippen LogP contribution in [0.15, 0.2) is 0 Å². The van der Waals surface area contributed by atoms with E-state index in [4.69, 9.17) is 4.74 Å². The minimum Gasteiger partial charge on any atom is -0.395 e. The Balaban J connectivity index is 2.62. The second kappa shape index (κ2) is 8.10. The summed E-state index contributed by atoms with van der Waals surface area (Å²) in [5.74, 6) is 0. The lowest BCUT2D eigenvalue weighted by Gasteiger charge is -2.42. The highest BCUT2D eigenvalue weighted by molar-refractivity contribution is 4.88. The molecule has 1 aliphatic heterocycles. The average molecular weight is 258 g/mol. The summed E-state index contributed by atoms with van der Waals surface area (Å²) < 4.78 is 5.51. The number of nitrogens with zero attached hydrogens (tertiary/aromatic N) is 1. The summed E-state index contributed by atoms with van der Waals surface area (Å²) in [6, 6.07) is 0.485. The molecule has 0 aromatic rings. The molecular weight excluding hydrogens is 228 g/mol. The quantitative estimate of drug-likeness (QED) is 0.684. The molecule has 0 amide bonds. The zero-order chi connectivity index (χ0) is 13.4. The van der Waals surface area contributed by atoms with Gasteiger partial charge in [0.1, 0.15) is 0 Å². The van der Waals surface area contributed by atoms with Crippen molar-refractivity contribution in [2.45, 2.75) is 39.7 Å². The van der Waals surface area contributed by atoms with Crippen molar-refractivity contribution in [1.29, 1.82) is 0 Å². The van der Waals surface area contributed by atoms with E-state index in [0.29, 0.717) is 11.5 Å². The Hall–Kier alpha value is -0.160. The van der Waals surface area contributed by atoms with Crippen LogP contribution in [-0.4, -0.2) is 62.0 Å². The standard InChI is InChI=1S/C14H30N2O2/c1-4-15-11-14(5-9-18-10-6-14)12-16(7-8-17)13(2)3/h13,15,17H,4-12H2,1-3H3. The van der Waals surface area contributed by atoms with E-state index in [1.807, 2.05) is 0 Å². The van der Waals surface area contributed by atoms with Gasteiger partial charge in [-0.25, -0.2) is 0 Å². The summed E-state index contributed by atoms with van der Waals surface area (Å²) in [5, 5.41) is 12.7. The van der Waals surface area contributed by atoms with Gasteiger partial charge in [-0.2, -0.15) is 0 Å². The van der Waals surface area contributed by atoms with Crippen molar-refractivity contribution in [3.8, 4) is 0 Å². The highest BCUT2D eigenvalue weighted by Gasteiger charge is 2.34. The molecule has 1 rings (SSSR count). The van der Waals surface area contributed by atoms with Crippen LogP contribution in [-0.2, 0) is 4.74 Å². The summed E-state index contributed by atoms with van der Waals surface area (Å²) in [4.78, 5) is 2.39. The molecular formula is C14H30N2O2. The monoisotopic (exact) mass is 258 g/mol.